The zero-order valence-corrected chi connectivity index (χ0v) is 13.1. The van der Waals surface area contributed by atoms with Crippen LogP contribution in [0.25, 0.3) is 0 Å². The van der Waals surface area contributed by atoms with E-state index < -0.39 is 0 Å². The van der Waals surface area contributed by atoms with Gasteiger partial charge in [0.2, 0.25) is 0 Å². The molecule has 5 nitrogen and oxygen atoms in total. The number of piperidine rings is 1. The van der Waals surface area contributed by atoms with E-state index in [9.17, 15) is 4.79 Å². The first-order valence-corrected chi connectivity index (χ1v) is 7.99. The molecule has 0 bridgehead atoms. The number of para-hydroxylation sites is 1. The van der Waals surface area contributed by atoms with Gasteiger partial charge in [0, 0.05) is 43.8 Å². The molecule has 0 unspecified atom stereocenters. The highest BCUT2D eigenvalue weighted by molar-refractivity contribution is 5.99. The van der Waals surface area contributed by atoms with Crippen LogP contribution in [-0.2, 0) is 6.54 Å². The lowest BCUT2D eigenvalue weighted by Crippen LogP contribution is -2.44. The first-order chi connectivity index (χ1) is 11.2. The first kappa shape index (κ1) is 15.5. The number of carbonyl (C=O) groups excluding carboxylic acids is 1. The van der Waals surface area contributed by atoms with Crippen LogP contribution in [0.2, 0.25) is 0 Å². The Morgan fingerprint density at radius 3 is 2.57 bits per heavy atom. The minimum Gasteiger partial charge on any atom is -0.398 e. The van der Waals surface area contributed by atoms with Gasteiger partial charge in [-0.1, -0.05) is 12.1 Å². The summed E-state index contributed by atoms with van der Waals surface area (Å²) in [6.45, 7) is 2.91. The maximum atomic E-state index is 12.3. The number of benzene rings is 1. The molecule has 3 rings (SSSR count). The topological polar surface area (TPSA) is 71.2 Å². The van der Waals surface area contributed by atoms with Crippen molar-refractivity contribution in [1.29, 1.82) is 0 Å². The Bertz CT molecular complexity index is 651. The van der Waals surface area contributed by atoms with Crippen molar-refractivity contribution in [2.75, 3.05) is 18.8 Å². The van der Waals surface area contributed by atoms with Crippen molar-refractivity contribution in [3.8, 4) is 0 Å². The molecule has 1 aliphatic heterocycles. The van der Waals surface area contributed by atoms with Gasteiger partial charge in [-0.15, -0.1) is 0 Å². The molecular weight excluding hydrogens is 288 g/mol. The Labute approximate surface area is 136 Å². The van der Waals surface area contributed by atoms with E-state index in [-0.39, 0.29) is 11.9 Å². The van der Waals surface area contributed by atoms with E-state index in [0.29, 0.717) is 11.3 Å². The second-order valence-corrected chi connectivity index (χ2v) is 5.97. The van der Waals surface area contributed by atoms with E-state index in [2.05, 4.69) is 15.2 Å². The molecule has 3 N–H and O–H groups in total. The fraction of sp³-hybridized carbons (Fsp3) is 0.333. The molecule has 1 aliphatic rings. The molecule has 1 aromatic carbocycles. The molecule has 0 atom stereocenters. The molecule has 1 fully saturated rings. The minimum atomic E-state index is -0.0734. The number of carbonyl (C=O) groups is 1. The summed E-state index contributed by atoms with van der Waals surface area (Å²) < 4.78 is 0. The fourth-order valence-corrected chi connectivity index (χ4v) is 2.95. The lowest BCUT2D eigenvalue weighted by molar-refractivity contribution is 0.0910. The zero-order valence-electron chi connectivity index (χ0n) is 13.1. The van der Waals surface area contributed by atoms with Gasteiger partial charge in [0.15, 0.2) is 0 Å². The van der Waals surface area contributed by atoms with Crippen LogP contribution in [0, 0.1) is 0 Å². The molecule has 1 amide bonds. The van der Waals surface area contributed by atoms with Gasteiger partial charge in [-0.2, -0.15) is 0 Å². The number of nitrogens with two attached hydrogens (primary N) is 1. The Balaban J connectivity index is 1.49. The largest absolute Gasteiger partial charge is 0.398 e. The third-order valence-electron chi connectivity index (χ3n) is 4.28. The third kappa shape index (κ3) is 4.07. The number of pyridine rings is 1. The van der Waals surface area contributed by atoms with Gasteiger partial charge in [-0.25, -0.2) is 0 Å². The van der Waals surface area contributed by atoms with Crippen LogP contribution >= 0.6 is 0 Å². The van der Waals surface area contributed by atoms with Crippen LogP contribution in [0.1, 0.15) is 28.8 Å². The van der Waals surface area contributed by atoms with Crippen LogP contribution < -0.4 is 11.1 Å². The molecule has 1 aromatic heterocycles. The molecule has 1 saturated heterocycles. The van der Waals surface area contributed by atoms with Gasteiger partial charge >= 0.3 is 0 Å². The van der Waals surface area contributed by atoms with Crippen molar-refractivity contribution in [3.63, 3.8) is 0 Å². The average Bonchev–Trinajstić information content (AvgIpc) is 2.58. The van der Waals surface area contributed by atoms with Gasteiger partial charge in [0.1, 0.15) is 0 Å². The summed E-state index contributed by atoms with van der Waals surface area (Å²) in [6.07, 6.45) is 5.58. The van der Waals surface area contributed by atoms with Crippen molar-refractivity contribution in [2.45, 2.75) is 25.4 Å². The van der Waals surface area contributed by atoms with Gasteiger partial charge in [0.05, 0.1) is 5.56 Å². The van der Waals surface area contributed by atoms with E-state index in [1.807, 2.05) is 36.7 Å². The molecule has 0 saturated carbocycles. The average molecular weight is 310 g/mol. The van der Waals surface area contributed by atoms with Gasteiger partial charge in [-0.3, -0.25) is 14.7 Å². The number of anilines is 1. The SMILES string of the molecule is Nc1ccccc1C(=O)NC1CCN(Cc2ccncc2)CC1. The highest BCUT2D eigenvalue weighted by Gasteiger charge is 2.21. The molecule has 120 valence electrons. The smallest absolute Gasteiger partial charge is 0.253 e. The molecule has 23 heavy (non-hydrogen) atoms. The van der Waals surface area contributed by atoms with E-state index in [1.165, 1.54) is 5.56 Å². The summed E-state index contributed by atoms with van der Waals surface area (Å²) in [5, 5.41) is 3.10. The Hall–Kier alpha value is -2.40. The van der Waals surface area contributed by atoms with Gasteiger partial charge < -0.3 is 11.1 Å². The number of amides is 1. The number of aromatic nitrogens is 1. The number of nitrogens with one attached hydrogen (secondary N) is 1. The summed E-state index contributed by atoms with van der Waals surface area (Å²) in [5.41, 5.74) is 8.23. The zero-order chi connectivity index (χ0) is 16.1. The Morgan fingerprint density at radius 1 is 1.17 bits per heavy atom. The Kier molecular flexibility index (Phi) is 4.88. The summed E-state index contributed by atoms with van der Waals surface area (Å²) >= 11 is 0. The molecule has 0 spiro atoms. The highest BCUT2D eigenvalue weighted by atomic mass is 16.1. The number of hydrogen-bond acceptors (Lipinski definition) is 4. The summed E-state index contributed by atoms with van der Waals surface area (Å²) in [6, 6.07) is 11.5. The summed E-state index contributed by atoms with van der Waals surface area (Å²) in [4.78, 5) is 18.7. The van der Waals surface area contributed by atoms with Crippen molar-refractivity contribution < 1.29 is 4.79 Å². The molecule has 5 heteroatoms. The van der Waals surface area contributed by atoms with Crippen LogP contribution in [0.15, 0.2) is 48.8 Å². The number of hydrogen-bond donors (Lipinski definition) is 2. The fourth-order valence-electron chi connectivity index (χ4n) is 2.95. The predicted octanol–water partition coefficient (Wildman–Crippen LogP) is 2.06. The summed E-state index contributed by atoms with van der Waals surface area (Å²) in [5.74, 6) is -0.0734. The highest BCUT2D eigenvalue weighted by Crippen LogP contribution is 2.15. The van der Waals surface area contributed by atoms with E-state index >= 15 is 0 Å². The first-order valence-electron chi connectivity index (χ1n) is 7.99. The van der Waals surface area contributed by atoms with E-state index in [1.54, 1.807) is 12.1 Å². The number of likely N-dealkylation sites (tertiary alicyclic amines) is 1. The lowest BCUT2D eigenvalue weighted by Gasteiger charge is -2.32. The van der Waals surface area contributed by atoms with Crippen LogP contribution in [0.5, 0.6) is 0 Å². The van der Waals surface area contributed by atoms with Crippen LogP contribution in [-0.4, -0.2) is 34.9 Å². The molecule has 0 radical (unpaired) electrons. The minimum absolute atomic E-state index is 0.0734. The van der Waals surface area contributed by atoms with Crippen molar-refractivity contribution in [2.24, 2.45) is 0 Å². The summed E-state index contributed by atoms with van der Waals surface area (Å²) in [7, 11) is 0. The van der Waals surface area contributed by atoms with Crippen LogP contribution in [0.4, 0.5) is 5.69 Å². The number of nitrogens with zero attached hydrogens (tertiary/aromatic N) is 2. The molecule has 0 aliphatic carbocycles. The van der Waals surface area contributed by atoms with Crippen LogP contribution in [0.3, 0.4) is 0 Å². The number of nitrogen functional groups attached to an aromatic ring is 1. The predicted molar refractivity (Wildman–Crippen MR) is 90.9 cm³/mol. The second-order valence-electron chi connectivity index (χ2n) is 5.97. The monoisotopic (exact) mass is 310 g/mol. The molecule has 2 heterocycles. The van der Waals surface area contributed by atoms with Crippen molar-refractivity contribution in [1.82, 2.24) is 15.2 Å². The molecular formula is C18H22N4O. The Morgan fingerprint density at radius 2 is 1.87 bits per heavy atom. The normalized spacial score (nSPS) is 16.2. The maximum absolute atomic E-state index is 12.3. The lowest BCUT2D eigenvalue weighted by atomic mass is 10.0. The maximum Gasteiger partial charge on any atom is 0.253 e. The van der Waals surface area contributed by atoms with E-state index in [4.69, 9.17) is 5.73 Å². The van der Waals surface area contributed by atoms with Gasteiger partial charge in [0.25, 0.3) is 5.91 Å². The number of rotatable bonds is 4. The quantitative estimate of drug-likeness (QED) is 0.848. The van der Waals surface area contributed by atoms with Crippen molar-refractivity contribution in [3.05, 3.63) is 59.9 Å². The standard InChI is InChI=1S/C18H22N4O/c19-17-4-2-1-3-16(17)18(23)21-15-7-11-22(12-8-15)13-14-5-9-20-10-6-14/h1-6,9-10,15H,7-8,11-13,19H2,(H,21,23). The second kappa shape index (κ2) is 7.24. The van der Waals surface area contributed by atoms with Crippen molar-refractivity contribution >= 4 is 11.6 Å². The molecule has 2 aromatic rings. The third-order valence-corrected chi connectivity index (χ3v) is 4.28. The van der Waals surface area contributed by atoms with Gasteiger partial charge in [-0.05, 0) is 42.7 Å². The van der Waals surface area contributed by atoms with E-state index in [0.717, 1.165) is 32.5 Å².